The SMILES string of the molecule is CC(C)CC(C)NC(=O)CCCO. The van der Waals surface area contributed by atoms with Gasteiger partial charge in [-0.1, -0.05) is 13.8 Å². The molecule has 0 fully saturated rings. The third-order valence-corrected chi connectivity index (χ3v) is 1.79. The van der Waals surface area contributed by atoms with E-state index < -0.39 is 0 Å². The van der Waals surface area contributed by atoms with Crippen LogP contribution in [0.4, 0.5) is 0 Å². The molecule has 0 aliphatic heterocycles. The molecule has 3 heteroatoms. The van der Waals surface area contributed by atoms with Crippen molar-refractivity contribution >= 4 is 5.91 Å². The molecule has 0 heterocycles. The molecule has 3 nitrogen and oxygen atoms in total. The smallest absolute Gasteiger partial charge is 0.220 e. The van der Waals surface area contributed by atoms with Crippen LogP contribution in [0.15, 0.2) is 0 Å². The minimum atomic E-state index is 0.0437. The summed E-state index contributed by atoms with van der Waals surface area (Å²) in [6.45, 7) is 6.37. The van der Waals surface area contributed by atoms with Crippen molar-refractivity contribution in [2.24, 2.45) is 5.92 Å². The van der Waals surface area contributed by atoms with Crippen LogP contribution in [-0.2, 0) is 4.79 Å². The number of nitrogens with one attached hydrogen (secondary N) is 1. The molecule has 0 aromatic rings. The van der Waals surface area contributed by atoms with E-state index in [1.807, 2.05) is 6.92 Å². The van der Waals surface area contributed by atoms with Gasteiger partial charge in [0.05, 0.1) is 0 Å². The van der Waals surface area contributed by atoms with Gasteiger partial charge < -0.3 is 10.4 Å². The van der Waals surface area contributed by atoms with E-state index in [4.69, 9.17) is 5.11 Å². The molecule has 0 aromatic heterocycles. The molecule has 0 saturated carbocycles. The molecule has 0 aliphatic rings. The second-order valence-electron chi connectivity index (χ2n) is 3.93. The van der Waals surface area contributed by atoms with E-state index in [1.165, 1.54) is 0 Å². The monoisotopic (exact) mass is 187 g/mol. The molecule has 13 heavy (non-hydrogen) atoms. The van der Waals surface area contributed by atoms with Gasteiger partial charge in [0.25, 0.3) is 0 Å². The lowest BCUT2D eigenvalue weighted by molar-refractivity contribution is -0.122. The van der Waals surface area contributed by atoms with E-state index in [2.05, 4.69) is 19.2 Å². The minimum Gasteiger partial charge on any atom is -0.396 e. The zero-order valence-electron chi connectivity index (χ0n) is 8.84. The van der Waals surface area contributed by atoms with Crippen molar-refractivity contribution in [1.29, 1.82) is 0 Å². The van der Waals surface area contributed by atoms with Gasteiger partial charge in [-0.2, -0.15) is 0 Å². The van der Waals surface area contributed by atoms with Crippen LogP contribution in [-0.4, -0.2) is 23.7 Å². The highest BCUT2D eigenvalue weighted by molar-refractivity contribution is 5.76. The first kappa shape index (κ1) is 12.4. The number of rotatable bonds is 6. The van der Waals surface area contributed by atoms with Crippen molar-refractivity contribution in [3.8, 4) is 0 Å². The molecule has 0 rings (SSSR count). The van der Waals surface area contributed by atoms with Crippen molar-refractivity contribution in [3.05, 3.63) is 0 Å². The molecule has 0 aromatic carbocycles. The summed E-state index contributed by atoms with van der Waals surface area (Å²) in [6.07, 6.45) is 1.99. The van der Waals surface area contributed by atoms with Crippen LogP contribution in [0.5, 0.6) is 0 Å². The molecule has 0 spiro atoms. The topological polar surface area (TPSA) is 49.3 Å². The maximum absolute atomic E-state index is 11.2. The van der Waals surface area contributed by atoms with E-state index in [1.54, 1.807) is 0 Å². The predicted octanol–water partition coefficient (Wildman–Crippen LogP) is 1.31. The van der Waals surface area contributed by atoms with Crippen molar-refractivity contribution < 1.29 is 9.90 Å². The Bertz CT molecular complexity index is 146. The largest absolute Gasteiger partial charge is 0.396 e. The fraction of sp³-hybridized carbons (Fsp3) is 0.900. The Morgan fingerprint density at radius 1 is 1.38 bits per heavy atom. The molecule has 0 radical (unpaired) electrons. The Labute approximate surface area is 80.5 Å². The Balaban J connectivity index is 3.53. The van der Waals surface area contributed by atoms with E-state index in [0.717, 1.165) is 6.42 Å². The van der Waals surface area contributed by atoms with Gasteiger partial charge >= 0.3 is 0 Å². The van der Waals surface area contributed by atoms with Gasteiger partial charge in [-0.25, -0.2) is 0 Å². The van der Waals surface area contributed by atoms with Gasteiger partial charge in [0, 0.05) is 19.1 Å². The van der Waals surface area contributed by atoms with Gasteiger partial charge in [-0.3, -0.25) is 4.79 Å². The van der Waals surface area contributed by atoms with Crippen molar-refractivity contribution in [3.63, 3.8) is 0 Å². The fourth-order valence-electron chi connectivity index (χ4n) is 1.35. The van der Waals surface area contributed by atoms with Crippen LogP contribution < -0.4 is 5.32 Å². The number of amides is 1. The predicted molar refractivity (Wildman–Crippen MR) is 53.4 cm³/mol. The van der Waals surface area contributed by atoms with E-state index >= 15 is 0 Å². The van der Waals surface area contributed by atoms with Crippen LogP contribution in [0, 0.1) is 5.92 Å². The number of aliphatic hydroxyl groups is 1. The lowest BCUT2D eigenvalue weighted by atomic mass is 10.1. The molecular formula is C10H21NO2. The molecule has 78 valence electrons. The molecule has 0 bridgehead atoms. The molecular weight excluding hydrogens is 166 g/mol. The summed E-state index contributed by atoms with van der Waals surface area (Å²) in [5.41, 5.74) is 0. The van der Waals surface area contributed by atoms with Crippen LogP contribution in [0.25, 0.3) is 0 Å². The molecule has 0 aliphatic carbocycles. The average Bonchev–Trinajstić information content (AvgIpc) is 1.98. The average molecular weight is 187 g/mol. The van der Waals surface area contributed by atoms with Gasteiger partial charge in [0.15, 0.2) is 0 Å². The van der Waals surface area contributed by atoms with Crippen LogP contribution in [0.2, 0.25) is 0 Å². The Hall–Kier alpha value is -0.570. The summed E-state index contributed by atoms with van der Waals surface area (Å²) in [6, 6.07) is 0.242. The highest BCUT2D eigenvalue weighted by Gasteiger charge is 2.07. The van der Waals surface area contributed by atoms with E-state index in [-0.39, 0.29) is 18.6 Å². The van der Waals surface area contributed by atoms with Crippen molar-refractivity contribution in [1.82, 2.24) is 5.32 Å². The summed E-state index contributed by atoms with van der Waals surface area (Å²) < 4.78 is 0. The molecule has 1 amide bonds. The van der Waals surface area contributed by atoms with Gasteiger partial charge in [0.2, 0.25) is 5.91 Å². The quantitative estimate of drug-likeness (QED) is 0.658. The third-order valence-electron chi connectivity index (χ3n) is 1.79. The van der Waals surface area contributed by atoms with Gasteiger partial charge in [-0.05, 0) is 25.7 Å². The van der Waals surface area contributed by atoms with Crippen LogP contribution >= 0.6 is 0 Å². The second-order valence-corrected chi connectivity index (χ2v) is 3.93. The summed E-state index contributed by atoms with van der Waals surface area (Å²) in [5.74, 6) is 0.648. The first-order valence-corrected chi connectivity index (χ1v) is 4.96. The van der Waals surface area contributed by atoms with Crippen molar-refractivity contribution in [2.75, 3.05) is 6.61 Å². The molecule has 1 unspecified atom stereocenters. The Morgan fingerprint density at radius 3 is 2.46 bits per heavy atom. The van der Waals surface area contributed by atoms with Crippen LogP contribution in [0.1, 0.15) is 40.0 Å². The molecule has 1 atom stereocenters. The molecule has 0 saturated heterocycles. The van der Waals surface area contributed by atoms with Crippen LogP contribution in [0.3, 0.4) is 0 Å². The zero-order valence-corrected chi connectivity index (χ0v) is 8.84. The first-order chi connectivity index (χ1) is 6.06. The number of carbonyl (C=O) groups is 1. The maximum atomic E-state index is 11.2. The molecule has 2 N–H and O–H groups in total. The lowest BCUT2D eigenvalue weighted by Crippen LogP contribution is -2.33. The highest BCUT2D eigenvalue weighted by atomic mass is 16.3. The van der Waals surface area contributed by atoms with Crippen molar-refractivity contribution in [2.45, 2.75) is 46.1 Å². The number of aliphatic hydroxyl groups excluding tert-OH is 1. The van der Waals surface area contributed by atoms with E-state index in [9.17, 15) is 4.79 Å². The van der Waals surface area contributed by atoms with E-state index in [0.29, 0.717) is 18.8 Å². The summed E-state index contributed by atoms with van der Waals surface area (Å²) in [4.78, 5) is 11.2. The van der Waals surface area contributed by atoms with Gasteiger partial charge in [0.1, 0.15) is 0 Å². The number of carbonyl (C=O) groups excluding carboxylic acids is 1. The standard InChI is InChI=1S/C10H21NO2/c1-8(2)7-9(3)11-10(13)5-4-6-12/h8-9,12H,4-7H2,1-3H3,(H,11,13). The number of hydrogen-bond acceptors (Lipinski definition) is 2. The second kappa shape index (κ2) is 6.89. The zero-order chi connectivity index (χ0) is 10.3. The maximum Gasteiger partial charge on any atom is 0.220 e. The summed E-state index contributed by atoms with van der Waals surface area (Å²) >= 11 is 0. The summed E-state index contributed by atoms with van der Waals surface area (Å²) in [5, 5.41) is 11.4. The first-order valence-electron chi connectivity index (χ1n) is 4.96. The van der Waals surface area contributed by atoms with Gasteiger partial charge in [-0.15, -0.1) is 0 Å². The minimum absolute atomic E-state index is 0.0437. The highest BCUT2D eigenvalue weighted by Crippen LogP contribution is 2.03. The number of hydrogen-bond donors (Lipinski definition) is 2. The normalized spacial score (nSPS) is 13.0. The fourth-order valence-corrected chi connectivity index (χ4v) is 1.35. The Morgan fingerprint density at radius 2 is 2.00 bits per heavy atom. The Kier molecular flexibility index (Phi) is 6.59. The third kappa shape index (κ3) is 7.78. The summed E-state index contributed by atoms with van der Waals surface area (Å²) in [7, 11) is 0. The lowest BCUT2D eigenvalue weighted by Gasteiger charge is -2.15.